The maximum Gasteiger partial charge on any atom is 0.234 e. The van der Waals surface area contributed by atoms with Gasteiger partial charge < -0.3 is 11.1 Å². The summed E-state index contributed by atoms with van der Waals surface area (Å²) >= 11 is 0. The second-order valence-electron chi connectivity index (χ2n) is 3.96. The highest BCUT2D eigenvalue weighted by atomic mass is 16.2. The molecule has 1 amide bonds. The quantitative estimate of drug-likeness (QED) is 0.622. The average molecular weight is 215 g/mol. The second-order valence-corrected chi connectivity index (χ2v) is 3.96. The molecule has 0 fully saturated rings. The maximum absolute atomic E-state index is 11.6. The molecule has 0 heterocycles. The van der Waals surface area contributed by atoms with Crippen LogP contribution in [0.1, 0.15) is 33.1 Å². The van der Waals surface area contributed by atoms with E-state index in [1.54, 1.807) is 0 Å². The van der Waals surface area contributed by atoms with Gasteiger partial charge in [-0.2, -0.15) is 0 Å². The lowest BCUT2D eigenvalue weighted by atomic mass is 10.2. The summed E-state index contributed by atoms with van der Waals surface area (Å²) in [5.74, 6) is 0.114. The van der Waals surface area contributed by atoms with Gasteiger partial charge in [0.25, 0.3) is 0 Å². The van der Waals surface area contributed by atoms with Gasteiger partial charge in [0.1, 0.15) is 0 Å². The van der Waals surface area contributed by atoms with Crippen molar-refractivity contribution < 1.29 is 4.79 Å². The SMILES string of the molecule is CCC(CC)NC(=O)CN(C)CCCN. The Bertz CT molecular complexity index is 169. The number of rotatable bonds is 8. The molecule has 4 nitrogen and oxygen atoms in total. The standard InChI is InChI=1S/C11H25N3O/c1-4-10(5-2)13-11(15)9-14(3)8-6-7-12/h10H,4-9,12H2,1-3H3,(H,13,15). The Kier molecular flexibility index (Phi) is 8.33. The Labute approximate surface area is 93.2 Å². The molecule has 90 valence electrons. The number of likely N-dealkylation sites (N-methyl/N-ethyl adjacent to an activating group) is 1. The molecule has 0 radical (unpaired) electrons. The smallest absolute Gasteiger partial charge is 0.234 e. The zero-order chi connectivity index (χ0) is 11.7. The summed E-state index contributed by atoms with van der Waals surface area (Å²) in [6.45, 7) is 6.21. The Morgan fingerprint density at radius 3 is 2.47 bits per heavy atom. The van der Waals surface area contributed by atoms with Gasteiger partial charge in [-0.25, -0.2) is 0 Å². The van der Waals surface area contributed by atoms with Crippen LogP contribution in [0.2, 0.25) is 0 Å². The molecule has 0 saturated heterocycles. The third-order valence-corrected chi connectivity index (χ3v) is 2.51. The molecule has 0 bridgehead atoms. The highest BCUT2D eigenvalue weighted by Gasteiger charge is 2.09. The molecular weight excluding hydrogens is 190 g/mol. The van der Waals surface area contributed by atoms with Gasteiger partial charge in [-0.15, -0.1) is 0 Å². The lowest BCUT2D eigenvalue weighted by molar-refractivity contribution is -0.122. The maximum atomic E-state index is 11.6. The van der Waals surface area contributed by atoms with E-state index < -0.39 is 0 Å². The predicted molar refractivity (Wildman–Crippen MR) is 63.7 cm³/mol. The lowest BCUT2D eigenvalue weighted by Gasteiger charge is -2.19. The van der Waals surface area contributed by atoms with Gasteiger partial charge in [0.2, 0.25) is 5.91 Å². The van der Waals surface area contributed by atoms with Crippen molar-refractivity contribution in [2.45, 2.75) is 39.2 Å². The predicted octanol–water partition coefficient (Wildman–Crippen LogP) is 0.572. The summed E-state index contributed by atoms with van der Waals surface area (Å²) in [5.41, 5.74) is 5.40. The molecule has 0 aromatic heterocycles. The first-order chi connectivity index (χ1) is 7.13. The van der Waals surface area contributed by atoms with Crippen LogP contribution in [0.25, 0.3) is 0 Å². The first-order valence-corrected chi connectivity index (χ1v) is 5.81. The van der Waals surface area contributed by atoms with Gasteiger partial charge in [0, 0.05) is 6.04 Å². The van der Waals surface area contributed by atoms with E-state index in [0.717, 1.165) is 25.8 Å². The van der Waals surface area contributed by atoms with Crippen LogP contribution in [-0.4, -0.2) is 43.5 Å². The first kappa shape index (κ1) is 14.4. The minimum atomic E-state index is 0.114. The van der Waals surface area contributed by atoms with Crippen molar-refractivity contribution in [2.75, 3.05) is 26.7 Å². The highest BCUT2D eigenvalue weighted by molar-refractivity contribution is 5.78. The number of nitrogens with one attached hydrogen (secondary N) is 1. The Morgan fingerprint density at radius 2 is 2.00 bits per heavy atom. The van der Waals surface area contributed by atoms with Crippen molar-refractivity contribution in [3.63, 3.8) is 0 Å². The van der Waals surface area contributed by atoms with E-state index in [4.69, 9.17) is 5.73 Å². The van der Waals surface area contributed by atoms with Crippen molar-refractivity contribution in [2.24, 2.45) is 5.73 Å². The van der Waals surface area contributed by atoms with Crippen LogP contribution in [-0.2, 0) is 4.79 Å². The summed E-state index contributed by atoms with van der Waals surface area (Å²) in [7, 11) is 1.95. The van der Waals surface area contributed by atoms with E-state index >= 15 is 0 Å². The topological polar surface area (TPSA) is 58.4 Å². The summed E-state index contributed by atoms with van der Waals surface area (Å²) in [6, 6.07) is 0.320. The fourth-order valence-corrected chi connectivity index (χ4v) is 1.45. The molecular formula is C11H25N3O. The molecule has 0 aliphatic heterocycles. The molecule has 0 spiro atoms. The second kappa shape index (κ2) is 8.68. The van der Waals surface area contributed by atoms with Crippen molar-refractivity contribution in [1.29, 1.82) is 0 Å². The van der Waals surface area contributed by atoms with Crippen LogP contribution in [0, 0.1) is 0 Å². The first-order valence-electron chi connectivity index (χ1n) is 5.81. The third kappa shape index (κ3) is 7.33. The van der Waals surface area contributed by atoms with E-state index in [9.17, 15) is 4.79 Å². The van der Waals surface area contributed by atoms with E-state index in [-0.39, 0.29) is 5.91 Å². The number of nitrogens with zero attached hydrogens (tertiary/aromatic N) is 1. The molecule has 0 aliphatic carbocycles. The lowest BCUT2D eigenvalue weighted by Crippen LogP contribution is -2.40. The van der Waals surface area contributed by atoms with Crippen molar-refractivity contribution in [3.8, 4) is 0 Å². The van der Waals surface area contributed by atoms with E-state index in [0.29, 0.717) is 19.1 Å². The summed E-state index contributed by atoms with van der Waals surface area (Å²) < 4.78 is 0. The van der Waals surface area contributed by atoms with Gasteiger partial charge in [0.05, 0.1) is 6.54 Å². The van der Waals surface area contributed by atoms with E-state index in [1.165, 1.54) is 0 Å². The van der Waals surface area contributed by atoms with Gasteiger partial charge in [-0.3, -0.25) is 9.69 Å². The number of carbonyl (C=O) groups excluding carboxylic acids is 1. The average Bonchev–Trinajstić information content (AvgIpc) is 2.22. The molecule has 0 aromatic carbocycles. The van der Waals surface area contributed by atoms with Crippen LogP contribution in [0.15, 0.2) is 0 Å². The third-order valence-electron chi connectivity index (χ3n) is 2.51. The number of nitrogens with two attached hydrogens (primary N) is 1. The Balaban J connectivity index is 3.71. The molecule has 0 atom stereocenters. The molecule has 4 heteroatoms. The number of carbonyl (C=O) groups is 1. The monoisotopic (exact) mass is 215 g/mol. The summed E-state index contributed by atoms with van der Waals surface area (Å²) in [6.07, 6.45) is 2.93. The zero-order valence-electron chi connectivity index (χ0n) is 10.3. The molecule has 0 unspecified atom stereocenters. The van der Waals surface area contributed by atoms with E-state index in [1.807, 2.05) is 11.9 Å². The van der Waals surface area contributed by atoms with Gasteiger partial charge in [-0.1, -0.05) is 13.8 Å². The highest BCUT2D eigenvalue weighted by Crippen LogP contribution is 1.96. The molecule has 0 aromatic rings. The Morgan fingerprint density at radius 1 is 1.40 bits per heavy atom. The van der Waals surface area contributed by atoms with E-state index in [2.05, 4.69) is 19.2 Å². The number of hydrogen-bond donors (Lipinski definition) is 2. The van der Waals surface area contributed by atoms with Crippen LogP contribution in [0.3, 0.4) is 0 Å². The fraction of sp³-hybridized carbons (Fsp3) is 0.909. The molecule has 0 rings (SSSR count). The molecule has 0 saturated carbocycles. The van der Waals surface area contributed by atoms with Gasteiger partial charge in [0.15, 0.2) is 0 Å². The van der Waals surface area contributed by atoms with Crippen LogP contribution in [0.5, 0.6) is 0 Å². The van der Waals surface area contributed by atoms with Crippen molar-refractivity contribution >= 4 is 5.91 Å². The van der Waals surface area contributed by atoms with Crippen molar-refractivity contribution in [1.82, 2.24) is 10.2 Å². The van der Waals surface area contributed by atoms with Gasteiger partial charge >= 0.3 is 0 Å². The fourth-order valence-electron chi connectivity index (χ4n) is 1.45. The van der Waals surface area contributed by atoms with Crippen LogP contribution in [0.4, 0.5) is 0 Å². The van der Waals surface area contributed by atoms with Gasteiger partial charge in [-0.05, 0) is 39.4 Å². The Hall–Kier alpha value is -0.610. The largest absolute Gasteiger partial charge is 0.352 e. The zero-order valence-corrected chi connectivity index (χ0v) is 10.3. The normalized spacial score (nSPS) is 11.1. The van der Waals surface area contributed by atoms with Crippen LogP contribution < -0.4 is 11.1 Å². The minimum absolute atomic E-state index is 0.114. The summed E-state index contributed by atoms with van der Waals surface area (Å²) in [4.78, 5) is 13.6. The molecule has 15 heavy (non-hydrogen) atoms. The summed E-state index contributed by atoms with van der Waals surface area (Å²) in [5, 5.41) is 3.01. The number of hydrogen-bond acceptors (Lipinski definition) is 3. The van der Waals surface area contributed by atoms with Crippen LogP contribution >= 0.6 is 0 Å². The minimum Gasteiger partial charge on any atom is -0.352 e. The molecule has 0 aliphatic rings. The molecule has 3 N–H and O–H groups in total. The van der Waals surface area contributed by atoms with Crippen molar-refractivity contribution in [3.05, 3.63) is 0 Å². The number of amides is 1.